The summed E-state index contributed by atoms with van der Waals surface area (Å²) in [6.07, 6.45) is 2.65. The number of fused-ring (bicyclic) bond motifs is 1. The van der Waals surface area contributed by atoms with Crippen LogP contribution in [0.4, 0.5) is 0 Å². The van der Waals surface area contributed by atoms with Crippen molar-refractivity contribution < 1.29 is 0 Å². The van der Waals surface area contributed by atoms with Crippen molar-refractivity contribution in [3.05, 3.63) is 23.1 Å². The highest BCUT2D eigenvalue weighted by molar-refractivity contribution is 6.29. The second kappa shape index (κ2) is 4.86. The molecule has 4 nitrogen and oxygen atoms in total. The van der Waals surface area contributed by atoms with Gasteiger partial charge < -0.3 is 9.47 Å². The molecule has 0 aliphatic carbocycles. The van der Waals surface area contributed by atoms with E-state index < -0.39 is 0 Å². The summed E-state index contributed by atoms with van der Waals surface area (Å²) in [5, 5.41) is 0.532. The van der Waals surface area contributed by atoms with Gasteiger partial charge in [-0.05, 0) is 45.0 Å². The Kier molecular flexibility index (Phi) is 3.22. The van der Waals surface area contributed by atoms with Gasteiger partial charge in [-0.3, -0.25) is 0 Å². The number of nitrogens with zero attached hydrogens (tertiary/aromatic N) is 4. The van der Waals surface area contributed by atoms with E-state index in [0.29, 0.717) is 5.15 Å². The summed E-state index contributed by atoms with van der Waals surface area (Å²) < 4.78 is 2.17. The Balaban J connectivity index is 1.85. The molecule has 0 saturated carbocycles. The summed E-state index contributed by atoms with van der Waals surface area (Å²) in [5.74, 6) is 1.01. The molecule has 96 valence electrons. The van der Waals surface area contributed by atoms with Crippen molar-refractivity contribution >= 4 is 22.8 Å². The van der Waals surface area contributed by atoms with Crippen LogP contribution >= 0.6 is 11.6 Å². The maximum Gasteiger partial charge on any atom is 0.161 e. The number of hydrogen-bond donors (Lipinski definition) is 0. The average Bonchev–Trinajstić information content (AvgIpc) is 2.94. The second-order valence-electron chi connectivity index (χ2n) is 4.84. The van der Waals surface area contributed by atoms with Crippen LogP contribution in [-0.2, 0) is 6.54 Å². The van der Waals surface area contributed by atoms with Gasteiger partial charge in [0.05, 0.1) is 0 Å². The van der Waals surface area contributed by atoms with Gasteiger partial charge >= 0.3 is 0 Å². The first-order chi connectivity index (χ1) is 8.74. The van der Waals surface area contributed by atoms with Gasteiger partial charge in [0.25, 0.3) is 0 Å². The standard InChI is InChI=1S/C13H17ClN4/c1-10-15-11-4-5-12(14)16-13(11)18(10)9-8-17-6-2-3-7-17/h4-5H,2-3,6-9H2,1H3. The van der Waals surface area contributed by atoms with E-state index in [0.717, 1.165) is 30.1 Å². The smallest absolute Gasteiger partial charge is 0.161 e. The van der Waals surface area contributed by atoms with Gasteiger partial charge in [-0.25, -0.2) is 9.97 Å². The summed E-state index contributed by atoms with van der Waals surface area (Å²) in [5.41, 5.74) is 1.83. The fourth-order valence-corrected chi connectivity index (χ4v) is 2.75. The van der Waals surface area contributed by atoms with E-state index in [2.05, 4.69) is 19.4 Å². The minimum Gasteiger partial charge on any atom is -0.312 e. The predicted octanol–water partition coefficient (Wildman–Crippen LogP) is 2.49. The van der Waals surface area contributed by atoms with Gasteiger partial charge in [-0.15, -0.1) is 0 Å². The molecule has 5 heteroatoms. The molecule has 1 saturated heterocycles. The SMILES string of the molecule is Cc1nc2ccc(Cl)nc2n1CCN1CCCC1. The maximum absolute atomic E-state index is 5.96. The maximum atomic E-state index is 5.96. The van der Waals surface area contributed by atoms with Crippen LogP contribution in [0.5, 0.6) is 0 Å². The van der Waals surface area contributed by atoms with Crippen LogP contribution in [0, 0.1) is 6.92 Å². The zero-order valence-electron chi connectivity index (χ0n) is 10.6. The lowest BCUT2D eigenvalue weighted by molar-refractivity contribution is 0.323. The highest BCUT2D eigenvalue weighted by atomic mass is 35.5. The molecule has 2 aromatic heterocycles. The fourth-order valence-electron chi connectivity index (χ4n) is 2.61. The summed E-state index contributed by atoms with van der Waals surface area (Å²) in [4.78, 5) is 11.4. The number of imidazole rings is 1. The Morgan fingerprint density at radius 2 is 1.94 bits per heavy atom. The summed E-state index contributed by atoms with van der Waals surface area (Å²) >= 11 is 5.96. The van der Waals surface area contributed by atoms with E-state index in [1.165, 1.54) is 25.9 Å². The highest BCUT2D eigenvalue weighted by Crippen LogP contribution is 2.17. The molecule has 1 aliphatic rings. The Labute approximate surface area is 112 Å². The Bertz CT molecular complexity index is 557. The lowest BCUT2D eigenvalue weighted by atomic mass is 10.4. The van der Waals surface area contributed by atoms with Crippen LogP contribution in [0.1, 0.15) is 18.7 Å². The summed E-state index contributed by atoms with van der Waals surface area (Å²) in [7, 11) is 0. The minimum absolute atomic E-state index is 0.532. The molecule has 0 N–H and O–H groups in total. The molecular weight excluding hydrogens is 248 g/mol. The van der Waals surface area contributed by atoms with Gasteiger partial charge in [0, 0.05) is 13.1 Å². The Hall–Kier alpha value is -1.13. The van der Waals surface area contributed by atoms with Crippen molar-refractivity contribution in [3.63, 3.8) is 0 Å². The molecule has 1 aliphatic heterocycles. The second-order valence-corrected chi connectivity index (χ2v) is 5.22. The van der Waals surface area contributed by atoms with Crippen LogP contribution in [0.2, 0.25) is 5.15 Å². The lowest BCUT2D eigenvalue weighted by Crippen LogP contribution is -2.24. The van der Waals surface area contributed by atoms with Crippen molar-refractivity contribution in [1.29, 1.82) is 0 Å². The zero-order valence-corrected chi connectivity index (χ0v) is 11.3. The first kappa shape index (κ1) is 11.9. The quantitative estimate of drug-likeness (QED) is 0.799. The van der Waals surface area contributed by atoms with Gasteiger partial charge in [0.15, 0.2) is 5.65 Å². The van der Waals surface area contributed by atoms with Crippen molar-refractivity contribution in [2.75, 3.05) is 19.6 Å². The Morgan fingerprint density at radius 1 is 1.17 bits per heavy atom. The molecule has 18 heavy (non-hydrogen) atoms. The molecule has 0 atom stereocenters. The number of aromatic nitrogens is 3. The molecule has 0 spiro atoms. The third-order valence-corrected chi connectivity index (χ3v) is 3.80. The van der Waals surface area contributed by atoms with Gasteiger partial charge in [0.1, 0.15) is 16.5 Å². The van der Waals surface area contributed by atoms with Crippen molar-refractivity contribution in [2.45, 2.75) is 26.3 Å². The monoisotopic (exact) mass is 264 g/mol. The lowest BCUT2D eigenvalue weighted by Gasteiger charge is -2.15. The molecular formula is C13H17ClN4. The number of rotatable bonds is 3. The van der Waals surface area contributed by atoms with Gasteiger partial charge in [0.2, 0.25) is 0 Å². The molecule has 3 rings (SSSR count). The van der Waals surface area contributed by atoms with Gasteiger partial charge in [-0.1, -0.05) is 11.6 Å². The van der Waals surface area contributed by atoms with Crippen LogP contribution in [0.15, 0.2) is 12.1 Å². The van der Waals surface area contributed by atoms with Crippen molar-refractivity contribution in [2.24, 2.45) is 0 Å². The van der Waals surface area contributed by atoms with Crippen molar-refractivity contribution in [1.82, 2.24) is 19.4 Å². The van der Waals surface area contributed by atoms with Crippen LogP contribution in [-0.4, -0.2) is 39.1 Å². The van der Waals surface area contributed by atoms with E-state index >= 15 is 0 Å². The zero-order chi connectivity index (χ0) is 12.5. The largest absolute Gasteiger partial charge is 0.312 e. The number of aryl methyl sites for hydroxylation is 1. The molecule has 1 fully saturated rings. The molecule has 0 radical (unpaired) electrons. The number of hydrogen-bond acceptors (Lipinski definition) is 3. The molecule has 3 heterocycles. The van der Waals surface area contributed by atoms with E-state index in [4.69, 9.17) is 11.6 Å². The molecule has 0 bridgehead atoms. The fraction of sp³-hybridized carbons (Fsp3) is 0.538. The third-order valence-electron chi connectivity index (χ3n) is 3.59. The first-order valence-electron chi connectivity index (χ1n) is 6.46. The van der Waals surface area contributed by atoms with Crippen LogP contribution in [0.25, 0.3) is 11.2 Å². The van der Waals surface area contributed by atoms with E-state index in [9.17, 15) is 0 Å². The number of likely N-dealkylation sites (tertiary alicyclic amines) is 1. The summed E-state index contributed by atoms with van der Waals surface area (Å²) in [6.45, 7) is 6.48. The van der Waals surface area contributed by atoms with Crippen LogP contribution < -0.4 is 0 Å². The van der Waals surface area contributed by atoms with E-state index in [1.807, 2.05) is 13.0 Å². The first-order valence-corrected chi connectivity index (χ1v) is 6.83. The molecule has 2 aromatic rings. The highest BCUT2D eigenvalue weighted by Gasteiger charge is 2.13. The topological polar surface area (TPSA) is 34.0 Å². The van der Waals surface area contributed by atoms with E-state index in [-0.39, 0.29) is 0 Å². The number of pyridine rings is 1. The predicted molar refractivity (Wildman–Crippen MR) is 72.9 cm³/mol. The molecule has 0 amide bonds. The Morgan fingerprint density at radius 3 is 2.72 bits per heavy atom. The van der Waals surface area contributed by atoms with E-state index in [1.54, 1.807) is 6.07 Å². The average molecular weight is 265 g/mol. The van der Waals surface area contributed by atoms with Crippen LogP contribution in [0.3, 0.4) is 0 Å². The minimum atomic E-state index is 0.532. The molecule has 0 aromatic carbocycles. The summed E-state index contributed by atoms with van der Waals surface area (Å²) in [6, 6.07) is 3.73. The van der Waals surface area contributed by atoms with Gasteiger partial charge in [-0.2, -0.15) is 0 Å². The third kappa shape index (κ3) is 2.22. The normalized spacial score (nSPS) is 16.8. The van der Waals surface area contributed by atoms with Crippen molar-refractivity contribution in [3.8, 4) is 0 Å². The molecule has 0 unspecified atom stereocenters. The number of halogens is 1.